The molecule has 5 nitrogen and oxygen atoms in total. The van der Waals surface area contributed by atoms with E-state index in [0.717, 1.165) is 18.7 Å². The molecule has 0 saturated heterocycles. The molecule has 0 unspecified atom stereocenters. The Kier molecular flexibility index (Phi) is 4.39. The summed E-state index contributed by atoms with van der Waals surface area (Å²) in [4.78, 5) is 10.2. The van der Waals surface area contributed by atoms with Crippen molar-refractivity contribution >= 4 is 17.1 Å². The summed E-state index contributed by atoms with van der Waals surface area (Å²) in [5.74, 6) is 0. The second-order valence-corrected chi connectivity index (χ2v) is 4.82. The van der Waals surface area contributed by atoms with Gasteiger partial charge in [0.05, 0.1) is 4.92 Å². The van der Waals surface area contributed by atoms with Crippen LogP contribution < -0.4 is 11.1 Å². The number of anilines is 2. The minimum Gasteiger partial charge on any atom is -0.393 e. The lowest BCUT2D eigenvalue weighted by molar-refractivity contribution is -0.383. The van der Waals surface area contributed by atoms with Gasteiger partial charge in [0, 0.05) is 18.3 Å². The molecule has 0 aliphatic heterocycles. The molecule has 0 amide bonds. The molecule has 0 bridgehead atoms. The van der Waals surface area contributed by atoms with Gasteiger partial charge in [-0.2, -0.15) is 0 Å². The van der Waals surface area contributed by atoms with Crippen LogP contribution in [-0.2, 0) is 0 Å². The quantitative estimate of drug-likeness (QED) is 0.368. The number of hydrogen-bond acceptors (Lipinski definition) is 4. The van der Waals surface area contributed by atoms with E-state index < -0.39 is 4.92 Å². The monoisotopic (exact) mass is 261 g/mol. The van der Waals surface area contributed by atoms with E-state index in [-0.39, 0.29) is 11.4 Å². The number of hydrogen-bond donors (Lipinski definition) is 2. The number of benzene rings is 1. The Morgan fingerprint density at radius 1 is 1.37 bits per heavy atom. The zero-order valence-corrected chi connectivity index (χ0v) is 10.9. The number of rotatable bonds is 5. The molecule has 0 fully saturated rings. The molecule has 0 radical (unpaired) electrons. The second-order valence-electron chi connectivity index (χ2n) is 4.82. The van der Waals surface area contributed by atoms with Gasteiger partial charge in [0.15, 0.2) is 0 Å². The summed E-state index contributed by atoms with van der Waals surface area (Å²) in [6.45, 7) is 0.836. The number of nitro benzene ring substituents is 1. The molecule has 0 saturated carbocycles. The Morgan fingerprint density at radius 3 is 2.84 bits per heavy atom. The van der Waals surface area contributed by atoms with Gasteiger partial charge in [-0.25, -0.2) is 0 Å². The number of nitrogens with zero attached hydrogens (tertiary/aromatic N) is 1. The van der Waals surface area contributed by atoms with Gasteiger partial charge in [-0.15, -0.1) is 0 Å². The van der Waals surface area contributed by atoms with Crippen molar-refractivity contribution in [3.05, 3.63) is 40.0 Å². The summed E-state index contributed by atoms with van der Waals surface area (Å²) >= 11 is 0. The molecule has 1 aromatic carbocycles. The standard InChI is InChI=1S/C14H19N3O2/c15-13-10-12(6-7-14(13)17(18)19)16-9-8-11-4-2-1-3-5-11/h4,6-7,10,16H,1-3,5,8-9,15H2. The van der Waals surface area contributed by atoms with Gasteiger partial charge >= 0.3 is 0 Å². The number of nitrogens with one attached hydrogen (secondary N) is 1. The van der Waals surface area contributed by atoms with Crippen molar-refractivity contribution in [2.45, 2.75) is 32.1 Å². The van der Waals surface area contributed by atoms with E-state index in [0.29, 0.717) is 0 Å². The van der Waals surface area contributed by atoms with E-state index in [1.54, 1.807) is 12.1 Å². The van der Waals surface area contributed by atoms with E-state index in [1.165, 1.54) is 37.3 Å². The normalized spacial score (nSPS) is 14.8. The number of nitrogens with two attached hydrogens (primary N) is 1. The SMILES string of the molecule is Nc1cc(NCCC2=CCCCC2)ccc1[N+](=O)[O-]. The Balaban J connectivity index is 1.87. The van der Waals surface area contributed by atoms with Gasteiger partial charge in [0.1, 0.15) is 5.69 Å². The van der Waals surface area contributed by atoms with Crippen LogP contribution in [0, 0.1) is 10.1 Å². The molecule has 19 heavy (non-hydrogen) atoms. The van der Waals surface area contributed by atoms with Crippen LogP contribution in [0.1, 0.15) is 32.1 Å². The smallest absolute Gasteiger partial charge is 0.292 e. The van der Waals surface area contributed by atoms with E-state index in [2.05, 4.69) is 11.4 Å². The Hall–Kier alpha value is -2.04. The van der Waals surface area contributed by atoms with Crippen molar-refractivity contribution in [3.63, 3.8) is 0 Å². The van der Waals surface area contributed by atoms with Gasteiger partial charge in [-0.1, -0.05) is 11.6 Å². The van der Waals surface area contributed by atoms with Crippen molar-refractivity contribution in [2.24, 2.45) is 0 Å². The number of nitro groups is 1. The van der Waals surface area contributed by atoms with Crippen LogP contribution in [0.15, 0.2) is 29.8 Å². The van der Waals surface area contributed by atoms with Crippen LogP contribution in [0.3, 0.4) is 0 Å². The largest absolute Gasteiger partial charge is 0.393 e. The molecule has 5 heteroatoms. The second kappa shape index (κ2) is 6.22. The van der Waals surface area contributed by atoms with Crippen LogP contribution in [0.2, 0.25) is 0 Å². The van der Waals surface area contributed by atoms with Crippen molar-refractivity contribution in [3.8, 4) is 0 Å². The fraction of sp³-hybridized carbons (Fsp3) is 0.429. The third-order valence-corrected chi connectivity index (χ3v) is 3.38. The number of nitrogen functional groups attached to an aromatic ring is 1. The first-order valence-electron chi connectivity index (χ1n) is 6.62. The van der Waals surface area contributed by atoms with Crippen molar-refractivity contribution in [2.75, 3.05) is 17.6 Å². The lowest BCUT2D eigenvalue weighted by Crippen LogP contribution is -2.05. The van der Waals surface area contributed by atoms with Crippen LogP contribution in [-0.4, -0.2) is 11.5 Å². The van der Waals surface area contributed by atoms with Crippen LogP contribution >= 0.6 is 0 Å². The molecular formula is C14H19N3O2. The van der Waals surface area contributed by atoms with Crippen LogP contribution in [0.5, 0.6) is 0 Å². The molecular weight excluding hydrogens is 242 g/mol. The van der Waals surface area contributed by atoms with E-state index in [9.17, 15) is 10.1 Å². The molecule has 1 aliphatic carbocycles. The molecule has 0 aromatic heterocycles. The predicted molar refractivity (Wildman–Crippen MR) is 77.2 cm³/mol. The molecule has 1 aliphatic rings. The Labute approximate surface area is 112 Å². The third kappa shape index (κ3) is 3.71. The van der Waals surface area contributed by atoms with E-state index >= 15 is 0 Å². The van der Waals surface area contributed by atoms with Gasteiger partial charge in [0.25, 0.3) is 5.69 Å². The minimum absolute atomic E-state index is 0.0412. The average Bonchev–Trinajstić information content (AvgIpc) is 2.39. The fourth-order valence-corrected chi connectivity index (χ4v) is 2.33. The summed E-state index contributed by atoms with van der Waals surface area (Å²) in [5.41, 5.74) is 8.14. The Morgan fingerprint density at radius 2 is 2.21 bits per heavy atom. The zero-order valence-electron chi connectivity index (χ0n) is 10.9. The summed E-state index contributed by atoms with van der Waals surface area (Å²) in [6.07, 6.45) is 8.34. The first kappa shape index (κ1) is 13.4. The topological polar surface area (TPSA) is 81.2 Å². The minimum atomic E-state index is -0.466. The van der Waals surface area contributed by atoms with Gasteiger partial charge in [-0.05, 0) is 44.2 Å². The maximum absolute atomic E-state index is 10.7. The Bertz CT molecular complexity index is 497. The lowest BCUT2D eigenvalue weighted by Gasteiger charge is -2.13. The van der Waals surface area contributed by atoms with E-state index in [4.69, 9.17) is 5.73 Å². The number of allylic oxidation sites excluding steroid dienone is 1. The van der Waals surface area contributed by atoms with Gasteiger partial charge in [0.2, 0.25) is 0 Å². The van der Waals surface area contributed by atoms with E-state index in [1.807, 2.05) is 0 Å². The van der Waals surface area contributed by atoms with Crippen LogP contribution in [0.4, 0.5) is 17.1 Å². The molecule has 1 aromatic rings. The average molecular weight is 261 g/mol. The van der Waals surface area contributed by atoms with Gasteiger partial charge in [-0.3, -0.25) is 10.1 Å². The molecule has 0 atom stereocenters. The third-order valence-electron chi connectivity index (χ3n) is 3.38. The molecule has 0 heterocycles. The first-order valence-corrected chi connectivity index (χ1v) is 6.62. The summed E-state index contributed by atoms with van der Waals surface area (Å²) in [5, 5.41) is 13.9. The first-order chi connectivity index (χ1) is 9.16. The fourth-order valence-electron chi connectivity index (χ4n) is 2.33. The highest BCUT2D eigenvalue weighted by Gasteiger charge is 2.11. The predicted octanol–water partition coefficient (Wildman–Crippen LogP) is 3.48. The highest BCUT2D eigenvalue weighted by Crippen LogP contribution is 2.25. The van der Waals surface area contributed by atoms with Crippen molar-refractivity contribution in [1.82, 2.24) is 0 Å². The summed E-state index contributed by atoms with van der Waals surface area (Å²) in [7, 11) is 0. The lowest BCUT2D eigenvalue weighted by atomic mass is 9.97. The maximum Gasteiger partial charge on any atom is 0.292 e. The highest BCUT2D eigenvalue weighted by molar-refractivity contribution is 5.65. The zero-order chi connectivity index (χ0) is 13.7. The molecule has 102 valence electrons. The summed E-state index contributed by atoms with van der Waals surface area (Å²) in [6, 6.07) is 4.76. The van der Waals surface area contributed by atoms with Gasteiger partial charge < -0.3 is 11.1 Å². The maximum atomic E-state index is 10.7. The van der Waals surface area contributed by atoms with Crippen LogP contribution in [0.25, 0.3) is 0 Å². The van der Waals surface area contributed by atoms with Crippen molar-refractivity contribution in [1.29, 1.82) is 0 Å². The molecule has 0 spiro atoms. The summed E-state index contributed by atoms with van der Waals surface area (Å²) < 4.78 is 0. The molecule has 2 rings (SSSR count). The van der Waals surface area contributed by atoms with Crippen molar-refractivity contribution < 1.29 is 4.92 Å². The molecule has 3 N–H and O–H groups in total. The highest BCUT2D eigenvalue weighted by atomic mass is 16.6.